The predicted octanol–water partition coefficient (Wildman–Crippen LogP) is 2.79. The zero-order valence-corrected chi connectivity index (χ0v) is 14.1. The molecule has 0 amide bonds. The molecule has 2 atom stereocenters. The summed E-state index contributed by atoms with van der Waals surface area (Å²) in [6.07, 6.45) is 5.97. The zero-order valence-electron chi connectivity index (χ0n) is 14.1. The van der Waals surface area contributed by atoms with E-state index in [1.807, 2.05) is 13.8 Å². The third kappa shape index (κ3) is 3.86. The molecule has 6 heteroatoms. The van der Waals surface area contributed by atoms with Crippen LogP contribution in [0, 0.1) is 17.8 Å². The first-order chi connectivity index (χ1) is 11.2. The standard InChI is InChI=1S/C9H10O4.C9H14O2/c10-8(11)6-4-1-2-5(3-4)7(6)9(12)13;1-4-8(10)11-9(2,3)7-5-6-7/h4-5H,1-3H2,(H,10,11)(H,12,13);4,7H,1,5-6H2,2-3H3. The SMILES string of the molecule is C=CC(=O)OC(C)(C)C1CC1.O=C(O)C1=C(C(=O)O)C2CCC1C2. The molecule has 2 bridgehead atoms. The Labute approximate surface area is 141 Å². The summed E-state index contributed by atoms with van der Waals surface area (Å²) in [6.45, 7) is 7.25. The van der Waals surface area contributed by atoms with Crippen molar-refractivity contribution in [1.29, 1.82) is 0 Å². The molecule has 0 radical (unpaired) electrons. The third-order valence-corrected chi connectivity index (χ3v) is 5.09. The van der Waals surface area contributed by atoms with Crippen molar-refractivity contribution < 1.29 is 29.3 Å². The monoisotopic (exact) mass is 336 g/mol. The first-order valence-electron chi connectivity index (χ1n) is 8.23. The topological polar surface area (TPSA) is 101 Å². The Bertz CT molecular complexity index is 567. The summed E-state index contributed by atoms with van der Waals surface area (Å²) in [4.78, 5) is 32.4. The number of hydrogen-bond acceptors (Lipinski definition) is 4. The lowest BCUT2D eigenvalue weighted by atomic mass is 9.92. The zero-order chi connectivity index (χ0) is 18.1. The van der Waals surface area contributed by atoms with Crippen LogP contribution in [0.4, 0.5) is 0 Å². The molecule has 6 nitrogen and oxygen atoms in total. The van der Waals surface area contributed by atoms with Gasteiger partial charge in [0.15, 0.2) is 0 Å². The van der Waals surface area contributed by atoms with E-state index in [-0.39, 0.29) is 34.6 Å². The fraction of sp³-hybridized carbons (Fsp3) is 0.611. The minimum atomic E-state index is -1.05. The molecular formula is C18H24O6. The first kappa shape index (κ1) is 18.2. The quantitative estimate of drug-likeness (QED) is 0.591. The van der Waals surface area contributed by atoms with E-state index in [1.54, 1.807) is 0 Å². The Hall–Kier alpha value is -2.11. The van der Waals surface area contributed by atoms with Crippen molar-refractivity contribution in [2.75, 3.05) is 0 Å². The third-order valence-electron chi connectivity index (χ3n) is 5.09. The van der Waals surface area contributed by atoms with Crippen LogP contribution in [0.5, 0.6) is 0 Å². The maximum Gasteiger partial charge on any atom is 0.332 e. The Kier molecular flexibility index (Phi) is 5.16. The van der Waals surface area contributed by atoms with Crippen molar-refractivity contribution >= 4 is 17.9 Å². The van der Waals surface area contributed by atoms with Crippen LogP contribution in [-0.4, -0.2) is 33.7 Å². The van der Waals surface area contributed by atoms with Gasteiger partial charge in [0, 0.05) is 6.08 Å². The fourth-order valence-electron chi connectivity index (χ4n) is 3.69. The van der Waals surface area contributed by atoms with Gasteiger partial charge in [-0.2, -0.15) is 0 Å². The van der Waals surface area contributed by atoms with Crippen LogP contribution in [0.3, 0.4) is 0 Å². The Morgan fingerprint density at radius 1 is 1.04 bits per heavy atom. The van der Waals surface area contributed by atoms with E-state index in [9.17, 15) is 14.4 Å². The van der Waals surface area contributed by atoms with Crippen molar-refractivity contribution in [1.82, 2.24) is 0 Å². The van der Waals surface area contributed by atoms with Crippen molar-refractivity contribution in [3.8, 4) is 0 Å². The number of carbonyl (C=O) groups is 3. The molecule has 3 aliphatic carbocycles. The summed E-state index contributed by atoms with van der Waals surface area (Å²) in [5.41, 5.74) is 0.0261. The normalized spacial score (nSPS) is 24.9. The molecule has 0 heterocycles. The van der Waals surface area contributed by atoms with Gasteiger partial charge in [-0.05, 0) is 63.7 Å². The number of rotatable bonds is 5. The minimum absolute atomic E-state index is 0.00593. The van der Waals surface area contributed by atoms with Gasteiger partial charge in [-0.15, -0.1) is 0 Å². The highest BCUT2D eigenvalue weighted by Crippen LogP contribution is 2.48. The summed E-state index contributed by atoms with van der Waals surface area (Å²) in [7, 11) is 0. The lowest BCUT2D eigenvalue weighted by molar-refractivity contribution is -0.152. The lowest BCUT2D eigenvalue weighted by Gasteiger charge is -2.23. The van der Waals surface area contributed by atoms with Gasteiger partial charge in [0.25, 0.3) is 0 Å². The van der Waals surface area contributed by atoms with E-state index in [4.69, 9.17) is 14.9 Å². The van der Waals surface area contributed by atoms with E-state index in [1.165, 1.54) is 18.9 Å². The van der Waals surface area contributed by atoms with E-state index in [0.717, 1.165) is 19.3 Å². The molecule has 0 saturated heterocycles. The van der Waals surface area contributed by atoms with Gasteiger partial charge in [0.05, 0.1) is 11.1 Å². The number of carbonyl (C=O) groups excluding carboxylic acids is 1. The second-order valence-corrected chi connectivity index (χ2v) is 7.15. The van der Waals surface area contributed by atoms with Gasteiger partial charge < -0.3 is 14.9 Å². The molecule has 0 spiro atoms. The smallest absolute Gasteiger partial charge is 0.332 e. The number of esters is 1. The molecule has 2 fully saturated rings. The number of aliphatic carboxylic acids is 2. The average molecular weight is 336 g/mol. The predicted molar refractivity (Wildman–Crippen MR) is 86.2 cm³/mol. The first-order valence-corrected chi connectivity index (χ1v) is 8.23. The fourth-order valence-corrected chi connectivity index (χ4v) is 3.69. The average Bonchev–Trinajstić information content (AvgIpc) is 3.17. The van der Waals surface area contributed by atoms with Crippen LogP contribution >= 0.6 is 0 Å². The number of fused-ring (bicyclic) bond motifs is 2. The van der Waals surface area contributed by atoms with Crippen molar-refractivity contribution in [3.63, 3.8) is 0 Å². The van der Waals surface area contributed by atoms with Gasteiger partial charge in [-0.25, -0.2) is 14.4 Å². The van der Waals surface area contributed by atoms with Gasteiger partial charge in [-0.3, -0.25) is 0 Å². The highest BCUT2D eigenvalue weighted by molar-refractivity contribution is 6.01. The van der Waals surface area contributed by atoms with Gasteiger partial charge in [0.2, 0.25) is 0 Å². The van der Waals surface area contributed by atoms with Crippen LogP contribution in [0.2, 0.25) is 0 Å². The van der Waals surface area contributed by atoms with Gasteiger partial charge >= 0.3 is 17.9 Å². The Morgan fingerprint density at radius 3 is 1.83 bits per heavy atom. The van der Waals surface area contributed by atoms with Crippen molar-refractivity contribution in [3.05, 3.63) is 23.8 Å². The molecular weight excluding hydrogens is 312 g/mol. The lowest BCUT2D eigenvalue weighted by Crippen LogP contribution is -2.29. The largest absolute Gasteiger partial charge is 0.478 e. The van der Waals surface area contributed by atoms with Crippen molar-refractivity contribution in [2.45, 2.75) is 51.6 Å². The Balaban J connectivity index is 0.000000177. The summed E-state index contributed by atoms with van der Waals surface area (Å²) in [5, 5.41) is 17.7. The molecule has 132 valence electrons. The highest BCUT2D eigenvalue weighted by atomic mass is 16.6. The van der Waals surface area contributed by atoms with Crippen LogP contribution in [0.25, 0.3) is 0 Å². The molecule has 0 aromatic rings. The summed E-state index contributed by atoms with van der Waals surface area (Å²) < 4.78 is 5.15. The second kappa shape index (κ2) is 6.79. The number of carboxylic acids is 2. The maximum atomic E-state index is 10.8. The highest BCUT2D eigenvalue weighted by Gasteiger charge is 2.44. The van der Waals surface area contributed by atoms with Crippen LogP contribution < -0.4 is 0 Å². The van der Waals surface area contributed by atoms with E-state index in [0.29, 0.717) is 5.92 Å². The van der Waals surface area contributed by atoms with Gasteiger partial charge in [0.1, 0.15) is 5.60 Å². The maximum absolute atomic E-state index is 10.8. The van der Waals surface area contributed by atoms with Crippen LogP contribution in [0.15, 0.2) is 23.8 Å². The molecule has 0 aliphatic heterocycles. The van der Waals surface area contributed by atoms with Crippen LogP contribution in [0.1, 0.15) is 46.0 Å². The minimum Gasteiger partial charge on any atom is -0.478 e. The summed E-state index contributed by atoms with van der Waals surface area (Å²) in [6, 6.07) is 0. The van der Waals surface area contributed by atoms with Crippen molar-refractivity contribution in [2.24, 2.45) is 17.8 Å². The number of hydrogen-bond donors (Lipinski definition) is 2. The molecule has 24 heavy (non-hydrogen) atoms. The molecule has 3 rings (SSSR count). The number of carboxylic acid groups (broad SMARTS) is 2. The Morgan fingerprint density at radius 2 is 1.50 bits per heavy atom. The van der Waals surface area contributed by atoms with E-state index in [2.05, 4.69) is 6.58 Å². The molecule has 2 N–H and O–H groups in total. The molecule has 3 aliphatic rings. The van der Waals surface area contributed by atoms with E-state index >= 15 is 0 Å². The molecule has 0 aromatic heterocycles. The summed E-state index contributed by atoms with van der Waals surface area (Å²) >= 11 is 0. The second-order valence-electron chi connectivity index (χ2n) is 7.15. The number of ether oxygens (including phenoxy) is 1. The summed E-state index contributed by atoms with van der Waals surface area (Å²) in [5.74, 6) is -1.87. The molecule has 2 unspecified atom stereocenters. The van der Waals surface area contributed by atoms with E-state index < -0.39 is 11.9 Å². The van der Waals surface area contributed by atoms with Crippen LogP contribution in [-0.2, 0) is 19.1 Å². The molecule has 2 saturated carbocycles. The van der Waals surface area contributed by atoms with Gasteiger partial charge in [-0.1, -0.05) is 6.58 Å². The molecule has 0 aromatic carbocycles.